The molecule has 1 unspecified atom stereocenters. The van der Waals surface area contributed by atoms with Gasteiger partial charge in [-0.3, -0.25) is 9.78 Å². The summed E-state index contributed by atoms with van der Waals surface area (Å²) in [6.07, 6.45) is 2.92. The van der Waals surface area contributed by atoms with Gasteiger partial charge in [-0.15, -0.1) is 0 Å². The third kappa shape index (κ3) is 4.37. The lowest BCUT2D eigenvalue weighted by molar-refractivity contribution is -0.142. The number of benzene rings is 2. The molecule has 2 aromatic carbocycles. The minimum atomic E-state index is -0.859. The Hall–Kier alpha value is -3.05. The number of carbonyl (C=O) groups is 1. The van der Waals surface area contributed by atoms with Gasteiger partial charge >= 0.3 is 0 Å². The van der Waals surface area contributed by atoms with Crippen LogP contribution in [0.5, 0.6) is 0 Å². The van der Waals surface area contributed by atoms with Crippen molar-refractivity contribution in [2.45, 2.75) is 43.9 Å². The number of amides is 1. The highest BCUT2D eigenvalue weighted by molar-refractivity contribution is 5.88. The Balaban J connectivity index is 1.41. The highest BCUT2D eigenvalue weighted by Crippen LogP contribution is 2.40. The Morgan fingerprint density at radius 3 is 2.65 bits per heavy atom. The van der Waals surface area contributed by atoms with Crippen molar-refractivity contribution in [1.82, 2.24) is 9.88 Å². The van der Waals surface area contributed by atoms with Crippen LogP contribution in [0, 0.1) is 12.7 Å². The Labute approximate surface area is 200 Å². The molecule has 0 saturated carbocycles. The highest BCUT2D eigenvalue weighted by atomic mass is 19.1. The Morgan fingerprint density at radius 1 is 1.06 bits per heavy atom. The molecule has 0 radical (unpaired) electrons. The summed E-state index contributed by atoms with van der Waals surface area (Å²) in [5.41, 5.74) is 3.92. The number of rotatable bonds is 4. The quantitative estimate of drug-likeness (QED) is 0.507. The van der Waals surface area contributed by atoms with Gasteiger partial charge in [-0.1, -0.05) is 48.0 Å². The van der Waals surface area contributed by atoms with Gasteiger partial charge in [-0.2, -0.15) is 0 Å². The molecule has 2 aliphatic rings. The molecule has 3 heterocycles. The number of piperidine rings is 1. The maximum atomic E-state index is 14.9. The molecule has 1 amide bonds. The van der Waals surface area contributed by atoms with E-state index in [1.165, 1.54) is 11.6 Å². The van der Waals surface area contributed by atoms with Crippen LogP contribution < -0.4 is 0 Å². The number of likely N-dealkylation sites (tertiary alicyclic amines) is 1. The predicted molar refractivity (Wildman–Crippen MR) is 131 cm³/mol. The van der Waals surface area contributed by atoms with Crippen LogP contribution in [0.15, 0.2) is 66.7 Å². The molecule has 34 heavy (non-hydrogen) atoms. The van der Waals surface area contributed by atoms with Crippen LogP contribution in [-0.2, 0) is 14.9 Å². The van der Waals surface area contributed by atoms with Gasteiger partial charge in [0, 0.05) is 49.0 Å². The summed E-state index contributed by atoms with van der Waals surface area (Å²) in [6, 6.07) is 21.3. The van der Waals surface area contributed by atoms with Crippen LogP contribution in [0.2, 0.25) is 0 Å². The number of aryl methyl sites for hydroxylation is 1. The van der Waals surface area contributed by atoms with Crippen molar-refractivity contribution in [3.05, 3.63) is 89.4 Å². The van der Waals surface area contributed by atoms with Crippen molar-refractivity contribution < 1.29 is 13.9 Å². The van der Waals surface area contributed by atoms with Crippen molar-refractivity contribution in [2.75, 3.05) is 26.3 Å². The van der Waals surface area contributed by atoms with Gasteiger partial charge in [-0.25, -0.2) is 4.39 Å². The first-order valence-corrected chi connectivity index (χ1v) is 12.2. The number of hydrogen-bond acceptors (Lipinski definition) is 3. The van der Waals surface area contributed by atoms with E-state index >= 15 is 0 Å². The molecule has 0 aliphatic carbocycles. The number of pyridine rings is 1. The van der Waals surface area contributed by atoms with E-state index in [0.717, 1.165) is 29.8 Å². The number of aromatic nitrogens is 1. The van der Waals surface area contributed by atoms with Gasteiger partial charge in [0.1, 0.15) is 5.82 Å². The van der Waals surface area contributed by atoms with Crippen molar-refractivity contribution in [1.29, 1.82) is 0 Å². The molecule has 4 nitrogen and oxygen atoms in total. The number of carbonyl (C=O) groups excluding carboxylic acids is 1. The van der Waals surface area contributed by atoms with E-state index in [9.17, 15) is 9.18 Å². The number of ether oxygens (including phenoxy) is 1. The van der Waals surface area contributed by atoms with Gasteiger partial charge in [0.05, 0.1) is 11.1 Å². The lowest BCUT2D eigenvalue weighted by Gasteiger charge is -2.42. The summed E-state index contributed by atoms with van der Waals surface area (Å²) in [7, 11) is 0. The number of hydrogen-bond donors (Lipinski definition) is 0. The molecule has 5 rings (SSSR count). The maximum absolute atomic E-state index is 14.9. The second-order valence-electron chi connectivity index (χ2n) is 9.58. The van der Waals surface area contributed by atoms with Gasteiger partial charge in [0.2, 0.25) is 5.91 Å². The topological polar surface area (TPSA) is 42.4 Å². The molecule has 1 atom stereocenters. The van der Waals surface area contributed by atoms with Crippen LogP contribution in [0.25, 0.3) is 11.3 Å². The summed E-state index contributed by atoms with van der Waals surface area (Å²) in [5, 5.41) is 0. The normalized spacial score (nSPS) is 20.2. The van der Waals surface area contributed by atoms with E-state index < -0.39 is 5.41 Å². The van der Waals surface area contributed by atoms with E-state index in [1.807, 2.05) is 17.0 Å². The minimum Gasteiger partial charge on any atom is -0.381 e. The van der Waals surface area contributed by atoms with Crippen LogP contribution in [0.4, 0.5) is 4.39 Å². The molecule has 5 heteroatoms. The standard InChI is InChI=1S/C29H31FN2O2/c1-21-7-4-8-22(19-21)26-12-5-13-27(31-26)23-9-6-16-32(20-23)28(33)29(14-17-34-18-15-29)24-10-2-3-11-25(24)30/h2-5,7-8,10-13,19,23H,6,9,14-18,20H2,1H3. The van der Waals surface area contributed by atoms with Crippen LogP contribution in [-0.4, -0.2) is 42.1 Å². The molecule has 3 aromatic rings. The average molecular weight is 459 g/mol. The first-order valence-electron chi connectivity index (χ1n) is 12.2. The molecule has 2 fully saturated rings. The first-order chi connectivity index (χ1) is 16.6. The molecule has 1 aromatic heterocycles. The second-order valence-corrected chi connectivity index (χ2v) is 9.58. The summed E-state index contributed by atoms with van der Waals surface area (Å²) >= 11 is 0. The van der Waals surface area contributed by atoms with Crippen LogP contribution in [0.1, 0.15) is 48.4 Å². The summed E-state index contributed by atoms with van der Waals surface area (Å²) in [4.78, 5) is 21.0. The molecule has 0 N–H and O–H groups in total. The van der Waals surface area contributed by atoms with Crippen LogP contribution >= 0.6 is 0 Å². The Bertz CT molecular complexity index is 1170. The van der Waals surface area contributed by atoms with Crippen molar-refractivity contribution in [3.8, 4) is 11.3 Å². The molecular weight excluding hydrogens is 427 g/mol. The lowest BCUT2D eigenvalue weighted by Crippen LogP contribution is -2.52. The summed E-state index contributed by atoms with van der Waals surface area (Å²) in [5.74, 6) is -0.112. The lowest BCUT2D eigenvalue weighted by atomic mass is 9.72. The van der Waals surface area contributed by atoms with Gasteiger partial charge < -0.3 is 9.64 Å². The molecule has 0 bridgehead atoms. The van der Waals surface area contributed by atoms with E-state index in [2.05, 4.69) is 43.3 Å². The van der Waals surface area contributed by atoms with Crippen LogP contribution in [0.3, 0.4) is 0 Å². The largest absolute Gasteiger partial charge is 0.381 e. The Kier molecular flexibility index (Phi) is 6.46. The van der Waals surface area contributed by atoms with Gasteiger partial charge in [-0.05, 0) is 56.9 Å². The monoisotopic (exact) mass is 458 g/mol. The average Bonchev–Trinajstić information content (AvgIpc) is 2.89. The number of nitrogens with zero attached hydrogens (tertiary/aromatic N) is 2. The van der Waals surface area contributed by atoms with E-state index in [0.29, 0.717) is 44.7 Å². The molecule has 2 saturated heterocycles. The SMILES string of the molecule is Cc1cccc(-c2cccc(C3CCCN(C(=O)C4(c5ccccc5F)CCOCC4)C3)n2)c1. The minimum absolute atomic E-state index is 0.0282. The summed E-state index contributed by atoms with van der Waals surface area (Å²) < 4.78 is 20.5. The molecule has 2 aliphatic heterocycles. The van der Waals surface area contributed by atoms with Gasteiger partial charge in [0.25, 0.3) is 0 Å². The molecular formula is C29H31FN2O2. The van der Waals surface area contributed by atoms with Crippen molar-refractivity contribution in [2.24, 2.45) is 0 Å². The second kappa shape index (κ2) is 9.67. The maximum Gasteiger partial charge on any atom is 0.233 e. The van der Waals surface area contributed by atoms with Gasteiger partial charge in [0.15, 0.2) is 0 Å². The first kappa shape index (κ1) is 22.7. The predicted octanol–water partition coefficient (Wildman–Crippen LogP) is 5.65. The van der Waals surface area contributed by atoms with E-state index in [-0.39, 0.29) is 17.6 Å². The third-order valence-corrected chi connectivity index (χ3v) is 7.36. The van der Waals surface area contributed by atoms with Crippen molar-refractivity contribution in [3.63, 3.8) is 0 Å². The van der Waals surface area contributed by atoms with Crippen molar-refractivity contribution >= 4 is 5.91 Å². The smallest absolute Gasteiger partial charge is 0.233 e. The third-order valence-electron chi connectivity index (χ3n) is 7.36. The van der Waals surface area contributed by atoms with E-state index in [4.69, 9.17) is 9.72 Å². The highest BCUT2D eigenvalue weighted by Gasteiger charge is 2.46. The fourth-order valence-electron chi connectivity index (χ4n) is 5.52. The zero-order valence-corrected chi connectivity index (χ0v) is 19.7. The summed E-state index contributed by atoms with van der Waals surface area (Å²) in [6.45, 7) is 4.33. The Morgan fingerprint density at radius 2 is 1.85 bits per heavy atom. The fourth-order valence-corrected chi connectivity index (χ4v) is 5.52. The zero-order valence-electron chi connectivity index (χ0n) is 19.7. The molecule has 0 spiro atoms. The van der Waals surface area contributed by atoms with E-state index in [1.54, 1.807) is 12.1 Å². The molecule has 176 valence electrons. The fraction of sp³-hybridized carbons (Fsp3) is 0.379. The number of halogens is 1. The zero-order chi connectivity index (χ0) is 23.5.